The summed E-state index contributed by atoms with van der Waals surface area (Å²) in [5.74, 6) is -0.568. The largest absolute Gasteiger partial charge is 0.392 e. The Labute approximate surface area is 144 Å². The van der Waals surface area contributed by atoms with Gasteiger partial charge in [0, 0.05) is 12.1 Å². The number of halogens is 1. The Morgan fingerprint density at radius 1 is 1.08 bits per heavy atom. The van der Waals surface area contributed by atoms with Crippen molar-refractivity contribution in [3.05, 3.63) is 77.2 Å². The maximum atomic E-state index is 13.0. The first-order chi connectivity index (χ1) is 12.2. The summed E-state index contributed by atoms with van der Waals surface area (Å²) in [7, 11) is 0. The maximum Gasteiger partial charge on any atom is 0.255 e. The summed E-state index contributed by atoms with van der Waals surface area (Å²) in [6.45, 7) is 0.495. The van der Waals surface area contributed by atoms with Crippen molar-refractivity contribution >= 4 is 5.91 Å². The lowest BCUT2D eigenvalue weighted by atomic mass is 10.1. The zero-order valence-corrected chi connectivity index (χ0v) is 13.5. The van der Waals surface area contributed by atoms with Gasteiger partial charge < -0.3 is 10.4 Å². The average Bonchev–Trinajstić information content (AvgIpc) is 3.13. The topological polar surface area (TPSA) is 78.0 Å². The molecule has 1 aromatic heterocycles. The molecule has 3 N–H and O–H groups in total. The van der Waals surface area contributed by atoms with Crippen LogP contribution in [0, 0.1) is 5.82 Å². The van der Waals surface area contributed by atoms with Gasteiger partial charge in [-0.1, -0.05) is 24.3 Å². The van der Waals surface area contributed by atoms with Crippen LogP contribution in [0.15, 0.2) is 54.7 Å². The molecule has 3 rings (SSSR count). The van der Waals surface area contributed by atoms with Crippen LogP contribution in [0.5, 0.6) is 0 Å². The molecule has 128 valence electrons. The van der Waals surface area contributed by atoms with Crippen molar-refractivity contribution in [2.45, 2.75) is 13.0 Å². The smallest absolute Gasteiger partial charge is 0.255 e. The van der Waals surface area contributed by atoms with Gasteiger partial charge >= 0.3 is 0 Å². The number of nitrogens with one attached hydrogen (secondary N) is 2. The van der Waals surface area contributed by atoms with Gasteiger partial charge in [0.05, 0.1) is 24.1 Å². The van der Waals surface area contributed by atoms with Crippen molar-refractivity contribution in [3.8, 4) is 11.3 Å². The number of aliphatic hydroxyl groups is 1. The number of aromatic nitrogens is 2. The summed E-state index contributed by atoms with van der Waals surface area (Å²) in [4.78, 5) is 12.4. The van der Waals surface area contributed by atoms with E-state index >= 15 is 0 Å². The molecule has 6 heteroatoms. The number of hydrogen-bond acceptors (Lipinski definition) is 3. The third-order valence-electron chi connectivity index (χ3n) is 3.92. The fourth-order valence-electron chi connectivity index (χ4n) is 2.52. The van der Waals surface area contributed by atoms with Gasteiger partial charge in [-0.2, -0.15) is 5.10 Å². The van der Waals surface area contributed by atoms with Crippen molar-refractivity contribution in [1.82, 2.24) is 15.5 Å². The van der Waals surface area contributed by atoms with Crippen LogP contribution >= 0.6 is 0 Å². The molecule has 3 aromatic rings. The molecule has 0 aliphatic rings. The lowest BCUT2D eigenvalue weighted by molar-refractivity contribution is 0.0955. The molecule has 0 atom stereocenters. The first kappa shape index (κ1) is 16.9. The number of aromatic amines is 1. The Bertz CT molecular complexity index is 842. The van der Waals surface area contributed by atoms with Crippen LogP contribution in [-0.4, -0.2) is 27.8 Å². The lowest BCUT2D eigenvalue weighted by Gasteiger charge is -2.07. The van der Waals surface area contributed by atoms with Crippen molar-refractivity contribution in [2.24, 2.45) is 0 Å². The normalized spacial score (nSPS) is 10.6. The second-order valence-corrected chi connectivity index (χ2v) is 5.65. The molecule has 0 saturated carbocycles. The van der Waals surface area contributed by atoms with Crippen LogP contribution in [0.1, 0.15) is 21.5 Å². The number of carbonyl (C=O) groups is 1. The van der Waals surface area contributed by atoms with E-state index in [1.54, 1.807) is 12.1 Å². The molecule has 1 amide bonds. The van der Waals surface area contributed by atoms with Gasteiger partial charge in [0.15, 0.2) is 0 Å². The molecule has 0 aliphatic carbocycles. The molecule has 0 bridgehead atoms. The van der Waals surface area contributed by atoms with E-state index in [0.717, 1.165) is 11.1 Å². The van der Waals surface area contributed by atoms with E-state index in [4.69, 9.17) is 5.11 Å². The highest BCUT2D eigenvalue weighted by molar-refractivity contribution is 5.99. The van der Waals surface area contributed by atoms with E-state index in [0.29, 0.717) is 29.8 Å². The maximum absolute atomic E-state index is 13.0. The predicted octanol–water partition coefficient (Wildman–Crippen LogP) is 2.68. The van der Waals surface area contributed by atoms with E-state index in [9.17, 15) is 9.18 Å². The number of hydrogen-bond donors (Lipinski definition) is 3. The molecule has 2 aromatic carbocycles. The summed E-state index contributed by atoms with van der Waals surface area (Å²) in [5, 5.41) is 18.6. The van der Waals surface area contributed by atoms with Crippen molar-refractivity contribution in [2.75, 3.05) is 6.54 Å². The van der Waals surface area contributed by atoms with Crippen molar-refractivity contribution in [1.29, 1.82) is 0 Å². The highest BCUT2D eigenvalue weighted by Crippen LogP contribution is 2.21. The number of aliphatic hydroxyl groups excluding tert-OH is 1. The molecule has 5 nitrogen and oxygen atoms in total. The van der Waals surface area contributed by atoms with Gasteiger partial charge in [-0.15, -0.1) is 0 Å². The van der Waals surface area contributed by atoms with E-state index in [1.807, 2.05) is 24.3 Å². The van der Waals surface area contributed by atoms with Crippen molar-refractivity contribution in [3.63, 3.8) is 0 Å². The fourth-order valence-corrected chi connectivity index (χ4v) is 2.52. The number of carbonyl (C=O) groups excluding carboxylic acids is 1. The van der Waals surface area contributed by atoms with Crippen LogP contribution in [-0.2, 0) is 13.0 Å². The summed E-state index contributed by atoms with van der Waals surface area (Å²) in [6.07, 6.45) is 2.14. The summed E-state index contributed by atoms with van der Waals surface area (Å²) in [5.41, 5.74) is 3.61. The molecule has 0 saturated heterocycles. The SMILES string of the molecule is O=C(NCCc1ccc(CO)cc1)c1cn[nH]c1-c1ccc(F)cc1. The highest BCUT2D eigenvalue weighted by Gasteiger charge is 2.14. The minimum Gasteiger partial charge on any atom is -0.392 e. The Balaban J connectivity index is 1.62. The minimum absolute atomic E-state index is 0.0175. The fraction of sp³-hybridized carbons (Fsp3) is 0.158. The predicted molar refractivity (Wildman–Crippen MR) is 92.4 cm³/mol. The Morgan fingerprint density at radius 3 is 2.44 bits per heavy atom. The lowest BCUT2D eigenvalue weighted by Crippen LogP contribution is -2.25. The number of benzene rings is 2. The van der Waals surface area contributed by atoms with E-state index in [-0.39, 0.29) is 18.3 Å². The Hall–Kier alpha value is -2.99. The number of amides is 1. The number of H-pyrrole nitrogens is 1. The first-order valence-electron chi connectivity index (χ1n) is 7.93. The second-order valence-electron chi connectivity index (χ2n) is 5.65. The quantitative estimate of drug-likeness (QED) is 0.646. The van der Waals surface area contributed by atoms with Gasteiger partial charge in [0.1, 0.15) is 5.82 Å². The summed E-state index contributed by atoms with van der Waals surface area (Å²) in [6, 6.07) is 13.5. The molecule has 0 aliphatic heterocycles. The molecule has 0 unspecified atom stereocenters. The molecule has 25 heavy (non-hydrogen) atoms. The first-order valence-corrected chi connectivity index (χ1v) is 7.93. The van der Waals surface area contributed by atoms with Crippen LogP contribution < -0.4 is 5.32 Å². The monoisotopic (exact) mass is 339 g/mol. The van der Waals surface area contributed by atoms with Crippen LogP contribution in [0.25, 0.3) is 11.3 Å². The van der Waals surface area contributed by atoms with Gasteiger partial charge in [-0.25, -0.2) is 4.39 Å². The van der Waals surface area contributed by atoms with E-state index in [2.05, 4.69) is 15.5 Å². The van der Waals surface area contributed by atoms with Gasteiger partial charge in [-0.3, -0.25) is 9.89 Å². The van der Waals surface area contributed by atoms with Gasteiger partial charge in [0.2, 0.25) is 0 Å². The molecule has 0 spiro atoms. The van der Waals surface area contributed by atoms with Crippen molar-refractivity contribution < 1.29 is 14.3 Å². The highest BCUT2D eigenvalue weighted by atomic mass is 19.1. The zero-order valence-electron chi connectivity index (χ0n) is 13.5. The molecule has 0 fully saturated rings. The summed E-state index contributed by atoms with van der Waals surface area (Å²) < 4.78 is 13.0. The minimum atomic E-state index is -0.332. The number of rotatable bonds is 6. The summed E-state index contributed by atoms with van der Waals surface area (Å²) >= 11 is 0. The van der Waals surface area contributed by atoms with Crippen LogP contribution in [0.3, 0.4) is 0 Å². The van der Waals surface area contributed by atoms with Gasteiger partial charge in [0.25, 0.3) is 5.91 Å². The van der Waals surface area contributed by atoms with Gasteiger partial charge in [-0.05, 0) is 41.8 Å². The zero-order chi connectivity index (χ0) is 17.6. The van der Waals surface area contributed by atoms with E-state index in [1.165, 1.54) is 18.3 Å². The van der Waals surface area contributed by atoms with E-state index < -0.39 is 0 Å². The third-order valence-corrected chi connectivity index (χ3v) is 3.92. The Morgan fingerprint density at radius 2 is 1.76 bits per heavy atom. The third kappa shape index (κ3) is 4.10. The average molecular weight is 339 g/mol. The molecular weight excluding hydrogens is 321 g/mol. The number of nitrogens with zero attached hydrogens (tertiary/aromatic N) is 1. The Kier molecular flexibility index (Phi) is 5.20. The standard InChI is InChI=1S/C19H18FN3O2/c20-16-7-5-15(6-8-16)18-17(11-22-23-18)19(25)21-10-9-13-1-3-14(12-24)4-2-13/h1-8,11,24H,9-10,12H2,(H,21,25)(H,22,23). The van der Waals surface area contributed by atoms with Crippen LogP contribution in [0.2, 0.25) is 0 Å². The second kappa shape index (κ2) is 7.72. The molecule has 0 radical (unpaired) electrons. The molecule has 1 heterocycles. The van der Waals surface area contributed by atoms with Crippen LogP contribution in [0.4, 0.5) is 4.39 Å². The molecular formula is C19H18FN3O2.